The molecular formula is C15H40N6. The molecule has 0 bridgehead atoms. The molecule has 130 valence electrons. The average Bonchev–Trinajstić information content (AvgIpc) is 2.51. The summed E-state index contributed by atoms with van der Waals surface area (Å²) in [5.74, 6) is 0. The van der Waals surface area contributed by atoms with Gasteiger partial charge in [-0.1, -0.05) is 0 Å². The Labute approximate surface area is 132 Å². The quantitative estimate of drug-likeness (QED) is 0.223. The first-order valence-electron chi connectivity index (χ1n) is 8.33. The highest BCUT2D eigenvalue weighted by Crippen LogP contribution is 1.74. The number of likely N-dealkylation sites (N-methyl/N-ethyl adjacent to an activating group) is 1. The molecule has 0 aromatic rings. The fourth-order valence-electron chi connectivity index (χ4n) is 1.63. The van der Waals surface area contributed by atoms with Crippen LogP contribution in [-0.2, 0) is 0 Å². The fraction of sp³-hybridized carbons (Fsp3) is 1.00. The maximum atomic E-state index is 3.38. The van der Waals surface area contributed by atoms with Crippen molar-refractivity contribution in [3.63, 3.8) is 0 Å². The Morgan fingerprint density at radius 2 is 0.714 bits per heavy atom. The van der Waals surface area contributed by atoms with Crippen molar-refractivity contribution in [2.24, 2.45) is 0 Å². The highest BCUT2D eigenvalue weighted by atomic mass is 14.9. The van der Waals surface area contributed by atoms with Gasteiger partial charge in [-0.2, -0.15) is 0 Å². The molecule has 0 atom stereocenters. The van der Waals surface area contributed by atoms with E-state index in [1.807, 2.05) is 28.2 Å². The van der Waals surface area contributed by atoms with Gasteiger partial charge in [-0.05, 0) is 86.7 Å². The van der Waals surface area contributed by atoms with Crippen molar-refractivity contribution in [1.82, 2.24) is 31.9 Å². The second kappa shape index (κ2) is 24.8. The maximum absolute atomic E-state index is 3.38. The third-order valence-corrected chi connectivity index (χ3v) is 2.89. The van der Waals surface area contributed by atoms with Gasteiger partial charge in [0.15, 0.2) is 0 Å². The zero-order chi connectivity index (χ0) is 16.0. The summed E-state index contributed by atoms with van der Waals surface area (Å²) in [6.45, 7) is 8.82. The minimum Gasteiger partial charge on any atom is -0.320 e. The van der Waals surface area contributed by atoms with Gasteiger partial charge in [0.05, 0.1) is 0 Å². The van der Waals surface area contributed by atoms with Crippen LogP contribution in [-0.4, -0.2) is 80.5 Å². The van der Waals surface area contributed by atoms with Gasteiger partial charge < -0.3 is 31.9 Å². The van der Waals surface area contributed by atoms with E-state index in [-0.39, 0.29) is 0 Å². The van der Waals surface area contributed by atoms with Gasteiger partial charge in [0.25, 0.3) is 0 Å². The number of rotatable bonds is 15. The summed E-state index contributed by atoms with van der Waals surface area (Å²) in [5, 5.41) is 19.1. The predicted octanol–water partition coefficient (Wildman–Crippen LogP) is -0.800. The molecule has 0 saturated heterocycles. The third kappa shape index (κ3) is 28.6. The summed E-state index contributed by atoms with van der Waals surface area (Å²) in [7, 11) is 7.92. The van der Waals surface area contributed by atoms with Gasteiger partial charge in [-0.25, -0.2) is 0 Å². The molecule has 0 heterocycles. The van der Waals surface area contributed by atoms with Crippen LogP contribution in [0, 0.1) is 0 Å². The molecule has 0 amide bonds. The van der Waals surface area contributed by atoms with Crippen LogP contribution in [0.15, 0.2) is 0 Å². The molecule has 0 spiro atoms. The Morgan fingerprint density at radius 3 is 1.05 bits per heavy atom. The summed E-state index contributed by atoms with van der Waals surface area (Å²) < 4.78 is 0. The van der Waals surface area contributed by atoms with Crippen LogP contribution in [0.3, 0.4) is 0 Å². The van der Waals surface area contributed by atoms with Crippen LogP contribution in [0.1, 0.15) is 19.3 Å². The number of hydrogen-bond donors (Lipinski definition) is 6. The molecule has 6 heteroatoms. The van der Waals surface area contributed by atoms with Crippen LogP contribution in [0.2, 0.25) is 0 Å². The van der Waals surface area contributed by atoms with Crippen molar-refractivity contribution >= 4 is 0 Å². The summed E-state index contributed by atoms with van der Waals surface area (Å²) in [6, 6.07) is 0. The molecule has 0 radical (unpaired) electrons. The normalized spacial score (nSPS) is 10.3. The molecule has 0 aliphatic carbocycles. The first kappa shape index (κ1) is 23.0. The number of hydrogen-bond acceptors (Lipinski definition) is 6. The largest absolute Gasteiger partial charge is 0.320 e. The molecule has 0 unspecified atom stereocenters. The Kier molecular flexibility index (Phi) is 27.2. The Bertz CT molecular complexity index is 141. The lowest BCUT2D eigenvalue weighted by molar-refractivity contribution is 0.594. The minimum atomic E-state index is 1.06. The van der Waals surface area contributed by atoms with Crippen molar-refractivity contribution in [3.05, 3.63) is 0 Å². The zero-order valence-electron chi connectivity index (χ0n) is 14.8. The Morgan fingerprint density at radius 1 is 0.381 bits per heavy atom. The van der Waals surface area contributed by atoms with E-state index in [1.165, 1.54) is 19.3 Å². The molecule has 0 aromatic heterocycles. The van der Waals surface area contributed by atoms with E-state index in [1.54, 1.807) is 0 Å². The Hall–Kier alpha value is -0.240. The molecule has 6 nitrogen and oxygen atoms in total. The third-order valence-electron chi connectivity index (χ3n) is 2.89. The highest BCUT2D eigenvalue weighted by molar-refractivity contribution is 4.51. The summed E-state index contributed by atoms with van der Waals surface area (Å²) in [6.07, 6.45) is 3.65. The van der Waals surface area contributed by atoms with Gasteiger partial charge in [0.2, 0.25) is 0 Å². The van der Waals surface area contributed by atoms with Crippen molar-refractivity contribution in [2.45, 2.75) is 19.3 Å². The lowest BCUT2D eigenvalue weighted by Gasteiger charge is -2.03. The van der Waals surface area contributed by atoms with Gasteiger partial charge in [-0.15, -0.1) is 0 Å². The van der Waals surface area contributed by atoms with E-state index in [2.05, 4.69) is 31.9 Å². The molecule has 6 N–H and O–H groups in total. The second-order valence-electron chi connectivity index (χ2n) is 4.97. The SMILES string of the molecule is CNCCCNCCCNC.CNCCCNCCNC. The van der Waals surface area contributed by atoms with E-state index in [4.69, 9.17) is 0 Å². The second-order valence-corrected chi connectivity index (χ2v) is 4.97. The van der Waals surface area contributed by atoms with Crippen LogP contribution >= 0.6 is 0 Å². The molecule has 0 rings (SSSR count). The monoisotopic (exact) mass is 304 g/mol. The molecule has 0 saturated carbocycles. The standard InChI is InChI=1S/C8H21N3.C7H19N3/c1-9-5-3-7-11-8-4-6-10-2;1-8-4-3-5-10-7-6-9-2/h9-11H,3-8H2,1-2H3;8-10H,3-7H2,1-2H3. The van der Waals surface area contributed by atoms with E-state index < -0.39 is 0 Å². The van der Waals surface area contributed by atoms with E-state index in [0.717, 1.165) is 52.4 Å². The van der Waals surface area contributed by atoms with Crippen LogP contribution in [0.5, 0.6) is 0 Å². The number of nitrogens with one attached hydrogen (secondary N) is 6. The topological polar surface area (TPSA) is 72.2 Å². The highest BCUT2D eigenvalue weighted by Gasteiger charge is 1.86. The average molecular weight is 305 g/mol. The van der Waals surface area contributed by atoms with Crippen molar-refractivity contribution in [3.8, 4) is 0 Å². The van der Waals surface area contributed by atoms with Crippen LogP contribution < -0.4 is 31.9 Å². The minimum absolute atomic E-state index is 1.06. The van der Waals surface area contributed by atoms with Crippen molar-refractivity contribution in [1.29, 1.82) is 0 Å². The van der Waals surface area contributed by atoms with Gasteiger partial charge in [-0.3, -0.25) is 0 Å². The van der Waals surface area contributed by atoms with Crippen LogP contribution in [0.4, 0.5) is 0 Å². The van der Waals surface area contributed by atoms with E-state index in [0.29, 0.717) is 0 Å². The Balaban J connectivity index is 0. The fourth-order valence-corrected chi connectivity index (χ4v) is 1.63. The summed E-state index contributed by atoms with van der Waals surface area (Å²) in [5.41, 5.74) is 0. The molecular weight excluding hydrogens is 264 g/mol. The molecule has 21 heavy (non-hydrogen) atoms. The maximum Gasteiger partial charge on any atom is 0.00766 e. The summed E-state index contributed by atoms with van der Waals surface area (Å²) in [4.78, 5) is 0. The molecule has 0 aliphatic rings. The molecule has 0 aliphatic heterocycles. The van der Waals surface area contributed by atoms with Gasteiger partial charge in [0, 0.05) is 13.1 Å². The van der Waals surface area contributed by atoms with E-state index in [9.17, 15) is 0 Å². The van der Waals surface area contributed by atoms with Gasteiger partial charge >= 0.3 is 0 Å². The lowest BCUT2D eigenvalue weighted by Crippen LogP contribution is -2.27. The first-order valence-corrected chi connectivity index (χ1v) is 8.33. The van der Waals surface area contributed by atoms with Crippen molar-refractivity contribution < 1.29 is 0 Å². The molecule has 0 aromatic carbocycles. The predicted molar refractivity (Wildman–Crippen MR) is 95.3 cm³/mol. The van der Waals surface area contributed by atoms with Crippen LogP contribution in [0.25, 0.3) is 0 Å². The summed E-state index contributed by atoms with van der Waals surface area (Å²) >= 11 is 0. The molecule has 0 fully saturated rings. The smallest absolute Gasteiger partial charge is 0.00766 e. The zero-order valence-corrected chi connectivity index (χ0v) is 14.8. The van der Waals surface area contributed by atoms with E-state index >= 15 is 0 Å². The lowest BCUT2D eigenvalue weighted by atomic mass is 10.4. The first-order chi connectivity index (χ1) is 10.3. The van der Waals surface area contributed by atoms with Crippen molar-refractivity contribution in [2.75, 3.05) is 80.5 Å². The van der Waals surface area contributed by atoms with Gasteiger partial charge in [0.1, 0.15) is 0 Å².